The van der Waals surface area contributed by atoms with Gasteiger partial charge in [-0.25, -0.2) is 9.97 Å². The lowest BCUT2D eigenvalue weighted by Gasteiger charge is -2.12. The molecule has 1 aromatic carbocycles. The summed E-state index contributed by atoms with van der Waals surface area (Å²) in [4.78, 5) is 31.3. The Morgan fingerprint density at radius 3 is 2.28 bits per heavy atom. The van der Waals surface area contributed by atoms with Gasteiger partial charge < -0.3 is 15.3 Å². The number of carbonyl (C=O) groups excluding carboxylic acids is 1. The lowest BCUT2D eigenvalue weighted by atomic mass is 10.2. The molecule has 0 aliphatic heterocycles. The van der Waals surface area contributed by atoms with Crippen LogP contribution >= 0.6 is 0 Å². The van der Waals surface area contributed by atoms with Crippen LogP contribution in [0.4, 0.5) is 0 Å². The Kier molecular flexibility index (Phi) is 8.01. The first kappa shape index (κ1) is 20.3. The van der Waals surface area contributed by atoms with E-state index in [9.17, 15) is 4.79 Å². The maximum Gasteiger partial charge on any atom is 0.257 e. The highest BCUT2D eigenvalue weighted by molar-refractivity contribution is 6.05. The van der Waals surface area contributed by atoms with Crippen LogP contribution in [-0.2, 0) is 12.8 Å². The van der Waals surface area contributed by atoms with Crippen LogP contribution in [0.1, 0.15) is 41.0 Å². The summed E-state index contributed by atoms with van der Waals surface area (Å²) in [6.07, 6.45) is 11.7. The van der Waals surface area contributed by atoms with E-state index in [2.05, 4.69) is 35.6 Å². The Balaban J connectivity index is 1.47. The molecule has 8 heteroatoms. The minimum absolute atomic E-state index is 0.164. The lowest BCUT2D eigenvalue weighted by Crippen LogP contribution is -2.41. The minimum atomic E-state index is -0.164. The number of hydrogen-bond donors (Lipinski definition) is 4. The van der Waals surface area contributed by atoms with Gasteiger partial charge in [0.25, 0.3) is 5.91 Å². The Bertz CT molecular complexity index is 858. The Labute approximate surface area is 170 Å². The summed E-state index contributed by atoms with van der Waals surface area (Å²) in [7, 11) is 0. The van der Waals surface area contributed by atoms with Crippen LogP contribution in [0, 0.1) is 0 Å². The number of nitrogens with one attached hydrogen (secondary N) is 4. The highest BCUT2D eigenvalue weighted by atomic mass is 16.1. The van der Waals surface area contributed by atoms with Crippen molar-refractivity contribution in [2.75, 3.05) is 13.1 Å². The number of H-pyrrole nitrogens is 2. The van der Waals surface area contributed by atoms with Crippen LogP contribution in [0.5, 0.6) is 0 Å². The average Bonchev–Trinajstić information content (AvgIpc) is 3.45. The van der Waals surface area contributed by atoms with Crippen molar-refractivity contribution in [2.45, 2.75) is 32.1 Å². The van der Waals surface area contributed by atoms with Crippen LogP contribution in [-0.4, -0.2) is 44.9 Å². The molecule has 0 fully saturated rings. The fourth-order valence-corrected chi connectivity index (χ4v) is 2.86. The number of amides is 1. The first-order chi connectivity index (χ1) is 14.3. The Morgan fingerprint density at radius 2 is 1.62 bits per heavy atom. The molecule has 29 heavy (non-hydrogen) atoms. The van der Waals surface area contributed by atoms with Crippen molar-refractivity contribution >= 4 is 11.9 Å². The lowest BCUT2D eigenvalue weighted by molar-refractivity contribution is 0.0975. The van der Waals surface area contributed by atoms with Crippen LogP contribution < -0.4 is 10.6 Å². The predicted molar refractivity (Wildman–Crippen MR) is 113 cm³/mol. The van der Waals surface area contributed by atoms with Gasteiger partial charge in [-0.15, -0.1) is 0 Å². The van der Waals surface area contributed by atoms with Gasteiger partial charge in [-0.1, -0.05) is 18.2 Å². The first-order valence-corrected chi connectivity index (χ1v) is 9.90. The third-order valence-electron chi connectivity index (χ3n) is 4.42. The fraction of sp³-hybridized carbons (Fsp3) is 0.333. The monoisotopic (exact) mass is 393 g/mol. The molecule has 3 rings (SSSR count). The van der Waals surface area contributed by atoms with Gasteiger partial charge in [0.2, 0.25) is 0 Å². The summed E-state index contributed by atoms with van der Waals surface area (Å²) >= 11 is 0. The molecule has 2 heterocycles. The number of rotatable bonds is 10. The predicted octanol–water partition coefficient (Wildman–Crippen LogP) is 2.46. The average molecular weight is 393 g/mol. The Hall–Kier alpha value is -3.42. The second kappa shape index (κ2) is 11.4. The maximum atomic E-state index is 12.5. The highest BCUT2D eigenvalue weighted by Crippen LogP contribution is 2.01. The van der Waals surface area contributed by atoms with E-state index >= 15 is 0 Å². The number of aryl methyl sites for hydroxylation is 2. The van der Waals surface area contributed by atoms with Crippen LogP contribution in [0.2, 0.25) is 0 Å². The van der Waals surface area contributed by atoms with Gasteiger partial charge >= 0.3 is 0 Å². The van der Waals surface area contributed by atoms with Gasteiger partial charge in [-0.05, 0) is 44.2 Å². The summed E-state index contributed by atoms with van der Waals surface area (Å²) in [5.41, 5.74) is 2.83. The molecule has 0 aliphatic carbocycles. The van der Waals surface area contributed by atoms with Crippen molar-refractivity contribution in [3.05, 3.63) is 72.3 Å². The first-order valence-electron chi connectivity index (χ1n) is 9.90. The summed E-state index contributed by atoms with van der Waals surface area (Å²) in [6, 6.07) is 9.16. The molecule has 2 aromatic heterocycles. The second-order valence-electron chi connectivity index (χ2n) is 6.69. The summed E-state index contributed by atoms with van der Waals surface area (Å²) < 4.78 is 0. The van der Waals surface area contributed by atoms with E-state index in [0.29, 0.717) is 18.1 Å². The third kappa shape index (κ3) is 7.25. The normalized spacial score (nSPS) is 11.4. The van der Waals surface area contributed by atoms with Gasteiger partial charge in [-0.2, -0.15) is 0 Å². The number of aromatic amines is 2. The minimum Gasteiger partial charge on any atom is -0.356 e. The zero-order valence-electron chi connectivity index (χ0n) is 16.4. The third-order valence-corrected chi connectivity index (χ3v) is 4.42. The number of carbonyl (C=O) groups is 1. The van der Waals surface area contributed by atoms with Crippen LogP contribution in [0.3, 0.4) is 0 Å². The zero-order valence-corrected chi connectivity index (χ0v) is 16.4. The van der Waals surface area contributed by atoms with Gasteiger partial charge in [0, 0.05) is 42.4 Å². The summed E-state index contributed by atoms with van der Waals surface area (Å²) in [6.45, 7) is 1.35. The summed E-state index contributed by atoms with van der Waals surface area (Å²) in [5.74, 6) is 0.355. The van der Waals surface area contributed by atoms with Gasteiger partial charge in [-0.3, -0.25) is 15.1 Å². The number of imidazole rings is 2. The van der Waals surface area contributed by atoms with E-state index in [1.165, 1.54) is 0 Å². The molecule has 0 saturated heterocycles. The zero-order chi connectivity index (χ0) is 20.2. The van der Waals surface area contributed by atoms with Crippen molar-refractivity contribution in [3.63, 3.8) is 0 Å². The smallest absolute Gasteiger partial charge is 0.257 e. The molecule has 0 aliphatic rings. The van der Waals surface area contributed by atoms with Crippen molar-refractivity contribution in [2.24, 2.45) is 4.99 Å². The second-order valence-corrected chi connectivity index (χ2v) is 6.69. The van der Waals surface area contributed by atoms with E-state index in [-0.39, 0.29) is 5.91 Å². The van der Waals surface area contributed by atoms with E-state index < -0.39 is 0 Å². The Morgan fingerprint density at radius 1 is 0.931 bits per heavy atom. The van der Waals surface area contributed by atoms with Gasteiger partial charge in [0.15, 0.2) is 5.96 Å². The SMILES string of the molecule is O=C(NC(=NCCCc1cnc[nH]1)NCCCCc1cnc[nH]1)c1ccccc1. The summed E-state index contributed by atoms with van der Waals surface area (Å²) in [5, 5.41) is 6.16. The number of unbranched alkanes of at least 4 members (excludes halogenated alkanes) is 1. The van der Waals surface area contributed by atoms with Crippen LogP contribution in [0.15, 0.2) is 60.4 Å². The molecule has 8 nitrogen and oxygen atoms in total. The maximum absolute atomic E-state index is 12.5. The highest BCUT2D eigenvalue weighted by Gasteiger charge is 2.08. The molecule has 0 saturated carbocycles. The van der Waals surface area contributed by atoms with Crippen LogP contribution in [0.25, 0.3) is 0 Å². The molecule has 0 atom stereocenters. The van der Waals surface area contributed by atoms with Crippen molar-refractivity contribution in [1.82, 2.24) is 30.6 Å². The molecule has 3 aromatic rings. The number of guanidine groups is 1. The number of aromatic nitrogens is 4. The number of hydrogen-bond acceptors (Lipinski definition) is 4. The van der Waals surface area contributed by atoms with Crippen molar-refractivity contribution < 1.29 is 4.79 Å². The van der Waals surface area contributed by atoms with Gasteiger partial charge in [0.05, 0.1) is 12.7 Å². The van der Waals surface area contributed by atoms with Crippen molar-refractivity contribution in [3.8, 4) is 0 Å². The molecule has 152 valence electrons. The molecule has 4 N–H and O–H groups in total. The molecular weight excluding hydrogens is 366 g/mol. The largest absolute Gasteiger partial charge is 0.356 e. The molecule has 0 radical (unpaired) electrons. The molecular formula is C21H27N7O. The number of nitrogens with zero attached hydrogens (tertiary/aromatic N) is 3. The molecule has 1 amide bonds. The standard InChI is InChI=1S/C21H27N7O/c29-20(17-7-2-1-3-8-17)28-21(25-12-6-10-19-14-23-16-27-19)24-11-5-4-9-18-13-22-15-26-18/h1-3,7-8,13-16H,4-6,9-12H2,(H,22,26)(H,23,27)(H2,24,25,28,29). The molecule has 0 spiro atoms. The number of benzene rings is 1. The quantitative estimate of drug-likeness (QED) is 0.241. The topological polar surface area (TPSA) is 111 Å². The van der Waals surface area contributed by atoms with E-state index in [1.807, 2.05) is 30.6 Å². The van der Waals surface area contributed by atoms with Crippen molar-refractivity contribution in [1.29, 1.82) is 0 Å². The van der Waals surface area contributed by atoms with E-state index in [1.54, 1.807) is 24.8 Å². The van der Waals surface area contributed by atoms with Gasteiger partial charge in [0.1, 0.15) is 0 Å². The molecule has 0 unspecified atom stereocenters. The molecule has 0 bridgehead atoms. The van der Waals surface area contributed by atoms with E-state index in [4.69, 9.17) is 0 Å². The fourth-order valence-electron chi connectivity index (χ4n) is 2.86. The van der Waals surface area contributed by atoms with E-state index in [0.717, 1.165) is 50.0 Å². The number of aliphatic imine (C=N–C) groups is 1.